The predicted molar refractivity (Wildman–Crippen MR) is 75.5 cm³/mol. The zero-order valence-corrected chi connectivity index (χ0v) is 11.8. The second kappa shape index (κ2) is 6.31. The zero-order chi connectivity index (χ0) is 12.1. The van der Waals surface area contributed by atoms with Gasteiger partial charge in [0.05, 0.1) is 0 Å². The molecule has 0 bridgehead atoms. The first-order valence-electron chi connectivity index (χ1n) is 5.90. The van der Waals surface area contributed by atoms with E-state index in [1.165, 1.54) is 22.3 Å². The van der Waals surface area contributed by atoms with E-state index in [0.29, 0.717) is 0 Å². The molecule has 0 aliphatic heterocycles. The van der Waals surface area contributed by atoms with Crippen LogP contribution in [0, 0.1) is 20.8 Å². The maximum absolute atomic E-state index is 4.25. The van der Waals surface area contributed by atoms with Gasteiger partial charge in [-0.3, -0.25) is 0 Å². The Hall–Kier alpha value is -0.470. The Labute approximate surface area is 105 Å². The van der Waals surface area contributed by atoms with Gasteiger partial charge in [-0.2, -0.15) is 12.6 Å². The maximum Gasteiger partial charge on any atom is 0.0235 e. The van der Waals surface area contributed by atoms with Crippen molar-refractivity contribution in [3.05, 3.63) is 34.4 Å². The lowest BCUT2D eigenvalue weighted by atomic mass is 9.99. The van der Waals surface area contributed by atoms with E-state index in [-0.39, 0.29) is 0 Å². The van der Waals surface area contributed by atoms with Gasteiger partial charge in [-0.1, -0.05) is 17.7 Å². The fraction of sp³-hybridized carbons (Fsp3) is 0.571. The Bertz CT molecular complexity index is 324. The highest BCUT2D eigenvalue weighted by molar-refractivity contribution is 7.80. The predicted octanol–water partition coefficient (Wildman–Crippen LogP) is 3.36. The summed E-state index contributed by atoms with van der Waals surface area (Å²) in [5, 5.41) is 0. The number of thiol groups is 1. The fourth-order valence-electron chi connectivity index (χ4n) is 2.15. The molecule has 0 heterocycles. The topological polar surface area (TPSA) is 3.24 Å². The lowest BCUT2D eigenvalue weighted by molar-refractivity contribution is 0.327. The molecule has 0 fully saturated rings. The first-order valence-corrected chi connectivity index (χ1v) is 6.54. The molecule has 0 saturated heterocycles. The highest BCUT2D eigenvalue weighted by Crippen LogP contribution is 2.17. The van der Waals surface area contributed by atoms with E-state index in [2.05, 4.69) is 57.5 Å². The van der Waals surface area contributed by atoms with E-state index in [0.717, 1.165) is 25.3 Å². The van der Waals surface area contributed by atoms with Gasteiger partial charge in [-0.25, -0.2) is 0 Å². The summed E-state index contributed by atoms with van der Waals surface area (Å²) >= 11 is 4.25. The summed E-state index contributed by atoms with van der Waals surface area (Å²) in [4.78, 5) is 2.38. The molecule has 0 aliphatic carbocycles. The number of nitrogens with zero attached hydrogens (tertiary/aromatic N) is 1. The third kappa shape index (κ3) is 3.84. The minimum Gasteiger partial charge on any atom is -0.302 e. The van der Waals surface area contributed by atoms with Crippen LogP contribution in [-0.4, -0.2) is 24.2 Å². The van der Waals surface area contributed by atoms with Crippen LogP contribution in [0.3, 0.4) is 0 Å². The van der Waals surface area contributed by atoms with Gasteiger partial charge in [0.25, 0.3) is 0 Å². The Balaban J connectivity index is 2.73. The molecule has 0 atom stereocenters. The molecule has 1 aromatic carbocycles. The van der Waals surface area contributed by atoms with Gasteiger partial charge in [-0.05, 0) is 63.2 Å². The molecule has 0 amide bonds. The van der Waals surface area contributed by atoms with Crippen molar-refractivity contribution < 1.29 is 0 Å². The monoisotopic (exact) mass is 237 g/mol. The molecule has 2 heteroatoms. The number of aryl methyl sites for hydroxylation is 3. The van der Waals surface area contributed by atoms with Crippen LogP contribution in [0.25, 0.3) is 0 Å². The molecule has 90 valence electrons. The third-order valence-electron chi connectivity index (χ3n) is 2.97. The highest BCUT2D eigenvalue weighted by Gasteiger charge is 2.06. The Morgan fingerprint density at radius 3 is 2.19 bits per heavy atom. The van der Waals surface area contributed by atoms with E-state index >= 15 is 0 Å². The van der Waals surface area contributed by atoms with Crippen molar-refractivity contribution in [2.45, 2.75) is 33.7 Å². The molecular formula is C14H23NS. The average molecular weight is 237 g/mol. The number of rotatable bonds is 5. The minimum absolute atomic E-state index is 0.968. The van der Waals surface area contributed by atoms with Crippen LogP contribution >= 0.6 is 12.6 Å². The second-order valence-electron chi connectivity index (χ2n) is 4.69. The van der Waals surface area contributed by atoms with Gasteiger partial charge in [-0.15, -0.1) is 0 Å². The average Bonchev–Trinajstić information content (AvgIpc) is 2.20. The van der Waals surface area contributed by atoms with Crippen LogP contribution in [0.1, 0.15) is 28.7 Å². The molecule has 1 rings (SSSR count). The Kier molecular flexibility index (Phi) is 5.36. The van der Waals surface area contributed by atoms with Gasteiger partial charge < -0.3 is 4.90 Å². The standard InChI is InChI=1S/C14H23NS/c1-11-8-12(2)14(13(3)9-11)10-15(4)6-5-7-16/h8-9,16H,5-7,10H2,1-4H3. The van der Waals surface area contributed by atoms with Crippen molar-refractivity contribution in [2.75, 3.05) is 19.3 Å². The number of hydrogen-bond donors (Lipinski definition) is 1. The van der Waals surface area contributed by atoms with Crippen LogP contribution in [0.4, 0.5) is 0 Å². The van der Waals surface area contributed by atoms with Gasteiger partial charge in [0.2, 0.25) is 0 Å². The van der Waals surface area contributed by atoms with E-state index in [1.54, 1.807) is 0 Å². The molecule has 16 heavy (non-hydrogen) atoms. The van der Waals surface area contributed by atoms with Crippen molar-refractivity contribution in [3.8, 4) is 0 Å². The fourth-order valence-corrected chi connectivity index (χ4v) is 2.29. The SMILES string of the molecule is Cc1cc(C)c(CN(C)CCCS)c(C)c1. The molecule has 1 nitrogen and oxygen atoms in total. The largest absolute Gasteiger partial charge is 0.302 e. The van der Waals surface area contributed by atoms with Gasteiger partial charge in [0, 0.05) is 6.54 Å². The molecule has 0 radical (unpaired) electrons. The van der Waals surface area contributed by atoms with Crippen LogP contribution in [0.2, 0.25) is 0 Å². The van der Waals surface area contributed by atoms with Crippen LogP contribution in [-0.2, 0) is 6.54 Å². The molecule has 0 aromatic heterocycles. The van der Waals surface area contributed by atoms with Gasteiger partial charge in [0.1, 0.15) is 0 Å². The van der Waals surface area contributed by atoms with Gasteiger partial charge >= 0.3 is 0 Å². The molecule has 0 spiro atoms. The first-order chi connectivity index (χ1) is 7.54. The smallest absolute Gasteiger partial charge is 0.0235 e. The van der Waals surface area contributed by atoms with Crippen molar-refractivity contribution in [1.82, 2.24) is 4.90 Å². The van der Waals surface area contributed by atoms with Crippen LogP contribution in [0.5, 0.6) is 0 Å². The Morgan fingerprint density at radius 2 is 1.69 bits per heavy atom. The lowest BCUT2D eigenvalue weighted by Crippen LogP contribution is -2.20. The number of benzene rings is 1. The molecule has 0 aliphatic rings. The van der Waals surface area contributed by atoms with E-state index in [4.69, 9.17) is 0 Å². The summed E-state index contributed by atoms with van der Waals surface area (Å²) in [5.74, 6) is 0.968. The van der Waals surface area contributed by atoms with E-state index < -0.39 is 0 Å². The third-order valence-corrected chi connectivity index (χ3v) is 3.28. The summed E-state index contributed by atoms with van der Waals surface area (Å²) in [6.45, 7) is 8.75. The second-order valence-corrected chi connectivity index (χ2v) is 5.14. The summed E-state index contributed by atoms with van der Waals surface area (Å²) in [7, 11) is 2.18. The van der Waals surface area contributed by atoms with E-state index in [1.807, 2.05) is 0 Å². The normalized spacial score (nSPS) is 11.1. The van der Waals surface area contributed by atoms with Crippen molar-refractivity contribution >= 4 is 12.6 Å². The molecule has 0 unspecified atom stereocenters. The summed E-state index contributed by atoms with van der Waals surface area (Å²) in [6.07, 6.45) is 1.16. The minimum atomic E-state index is 0.968. The summed E-state index contributed by atoms with van der Waals surface area (Å²) in [5.41, 5.74) is 5.66. The van der Waals surface area contributed by atoms with Crippen molar-refractivity contribution in [1.29, 1.82) is 0 Å². The van der Waals surface area contributed by atoms with Crippen LogP contribution < -0.4 is 0 Å². The Morgan fingerprint density at radius 1 is 1.12 bits per heavy atom. The zero-order valence-electron chi connectivity index (χ0n) is 10.9. The lowest BCUT2D eigenvalue weighted by Gasteiger charge is -2.19. The van der Waals surface area contributed by atoms with Crippen molar-refractivity contribution in [2.24, 2.45) is 0 Å². The summed E-state index contributed by atoms with van der Waals surface area (Å²) < 4.78 is 0. The molecule has 0 N–H and O–H groups in total. The molecular weight excluding hydrogens is 214 g/mol. The molecule has 0 saturated carbocycles. The van der Waals surface area contributed by atoms with Crippen LogP contribution in [0.15, 0.2) is 12.1 Å². The van der Waals surface area contributed by atoms with Crippen molar-refractivity contribution in [3.63, 3.8) is 0 Å². The quantitative estimate of drug-likeness (QED) is 0.769. The first kappa shape index (κ1) is 13.6. The van der Waals surface area contributed by atoms with Gasteiger partial charge in [0.15, 0.2) is 0 Å². The maximum atomic E-state index is 4.25. The highest BCUT2D eigenvalue weighted by atomic mass is 32.1. The van der Waals surface area contributed by atoms with E-state index in [9.17, 15) is 0 Å². The number of hydrogen-bond acceptors (Lipinski definition) is 2. The summed E-state index contributed by atoms with van der Waals surface area (Å²) in [6, 6.07) is 4.55. The molecule has 1 aromatic rings.